The second kappa shape index (κ2) is 8.28. The molecule has 0 unspecified atom stereocenters. The molecule has 1 aliphatic carbocycles. The van der Waals surface area contributed by atoms with Gasteiger partial charge in [-0.05, 0) is 36.8 Å². The molecule has 0 bridgehead atoms. The van der Waals surface area contributed by atoms with Gasteiger partial charge in [-0.2, -0.15) is 0 Å². The number of amides is 1. The summed E-state index contributed by atoms with van der Waals surface area (Å²) in [6.07, 6.45) is 0. The average molecular weight is 449 g/mol. The zero-order chi connectivity index (χ0) is 23.0. The molecule has 3 aromatic rings. The SMILES string of the molecule is Cc1c(Cl)cccc1NC(=O)COC(=O)c1ccc2c(c1N)C(=O)c1ccccc1C2=O. The molecule has 3 N–H and O–H groups in total. The van der Waals surface area contributed by atoms with Crippen molar-refractivity contribution in [3.05, 3.63) is 93.0 Å². The first-order valence-corrected chi connectivity index (χ1v) is 10.0. The van der Waals surface area contributed by atoms with Gasteiger partial charge in [0.05, 0.1) is 16.8 Å². The summed E-state index contributed by atoms with van der Waals surface area (Å²) in [7, 11) is 0. The average Bonchev–Trinajstić information content (AvgIpc) is 2.78. The number of halogens is 1. The molecule has 0 fully saturated rings. The highest BCUT2D eigenvalue weighted by Crippen LogP contribution is 2.33. The van der Waals surface area contributed by atoms with Crippen molar-refractivity contribution in [2.24, 2.45) is 0 Å². The lowest BCUT2D eigenvalue weighted by Crippen LogP contribution is -2.25. The number of nitrogen functional groups attached to an aromatic ring is 1. The number of carbonyl (C=O) groups is 4. The fourth-order valence-electron chi connectivity index (χ4n) is 3.53. The summed E-state index contributed by atoms with van der Waals surface area (Å²) in [6.45, 7) is 1.17. The number of nitrogens with two attached hydrogens (primary N) is 1. The van der Waals surface area contributed by atoms with Crippen LogP contribution in [0, 0.1) is 6.92 Å². The van der Waals surface area contributed by atoms with E-state index in [1.165, 1.54) is 18.2 Å². The zero-order valence-corrected chi connectivity index (χ0v) is 17.7. The van der Waals surface area contributed by atoms with E-state index < -0.39 is 24.3 Å². The number of carbonyl (C=O) groups excluding carboxylic acids is 4. The molecule has 0 saturated heterocycles. The Hall–Kier alpha value is -3.97. The quantitative estimate of drug-likeness (QED) is 0.362. The van der Waals surface area contributed by atoms with Gasteiger partial charge in [0, 0.05) is 27.4 Å². The summed E-state index contributed by atoms with van der Waals surface area (Å²) in [5.74, 6) is -2.25. The Kier molecular flexibility index (Phi) is 5.50. The molecular weight excluding hydrogens is 432 g/mol. The third-order valence-electron chi connectivity index (χ3n) is 5.23. The first kappa shape index (κ1) is 21.3. The van der Waals surface area contributed by atoms with Crippen molar-refractivity contribution in [2.75, 3.05) is 17.7 Å². The van der Waals surface area contributed by atoms with E-state index in [0.29, 0.717) is 16.3 Å². The highest BCUT2D eigenvalue weighted by atomic mass is 35.5. The van der Waals surface area contributed by atoms with Gasteiger partial charge in [0.2, 0.25) is 0 Å². The molecular formula is C24H17ClN2O5. The molecule has 0 aromatic heterocycles. The molecule has 0 radical (unpaired) electrons. The van der Waals surface area contributed by atoms with Crippen molar-refractivity contribution in [1.29, 1.82) is 0 Å². The monoisotopic (exact) mass is 448 g/mol. The van der Waals surface area contributed by atoms with E-state index in [2.05, 4.69) is 5.32 Å². The second-order valence-corrected chi connectivity index (χ2v) is 7.60. The Morgan fingerprint density at radius 2 is 1.62 bits per heavy atom. The Bertz CT molecular complexity index is 1320. The third kappa shape index (κ3) is 3.63. The maximum absolute atomic E-state index is 12.9. The number of hydrogen-bond donors (Lipinski definition) is 2. The summed E-state index contributed by atoms with van der Waals surface area (Å²) >= 11 is 6.03. The molecule has 0 spiro atoms. The Balaban J connectivity index is 1.53. The standard InChI is InChI=1S/C24H17ClN2O5/c1-12-17(25)7-4-8-18(12)27-19(28)11-32-24(31)16-10-9-15-20(21(16)26)23(30)14-6-3-2-5-13(14)22(15)29/h2-10H,11,26H2,1H3,(H,27,28). The summed E-state index contributed by atoms with van der Waals surface area (Å²) in [6, 6.07) is 14.1. The van der Waals surface area contributed by atoms with Crippen molar-refractivity contribution in [3.63, 3.8) is 0 Å². The topological polar surface area (TPSA) is 116 Å². The van der Waals surface area contributed by atoms with E-state index in [4.69, 9.17) is 22.1 Å². The van der Waals surface area contributed by atoms with Crippen LogP contribution in [0.4, 0.5) is 11.4 Å². The molecule has 1 amide bonds. The lowest BCUT2D eigenvalue weighted by Gasteiger charge is -2.20. The predicted octanol–water partition coefficient (Wildman–Crippen LogP) is 3.80. The first-order valence-electron chi connectivity index (χ1n) is 9.62. The van der Waals surface area contributed by atoms with Crippen LogP contribution in [-0.2, 0) is 9.53 Å². The summed E-state index contributed by atoms with van der Waals surface area (Å²) < 4.78 is 5.08. The van der Waals surface area contributed by atoms with E-state index >= 15 is 0 Å². The lowest BCUT2D eigenvalue weighted by molar-refractivity contribution is -0.119. The molecule has 32 heavy (non-hydrogen) atoms. The number of benzene rings is 3. The van der Waals surface area contributed by atoms with Crippen LogP contribution in [0.2, 0.25) is 5.02 Å². The van der Waals surface area contributed by atoms with Gasteiger partial charge in [0.15, 0.2) is 18.2 Å². The third-order valence-corrected chi connectivity index (χ3v) is 5.64. The van der Waals surface area contributed by atoms with Gasteiger partial charge < -0.3 is 15.8 Å². The smallest absolute Gasteiger partial charge is 0.340 e. The predicted molar refractivity (Wildman–Crippen MR) is 119 cm³/mol. The van der Waals surface area contributed by atoms with Gasteiger partial charge in [0.25, 0.3) is 5.91 Å². The molecule has 1 aliphatic rings. The second-order valence-electron chi connectivity index (χ2n) is 7.19. The Morgan fingerprint density at radius 3 is 2.34 bits per heavy atom. The van der Waals surface area contributed by atoms with Gasteiger partial charge in [0.1, 0.15) is 0 Å². The van der Waals surface area contributed by atoms with E-state index in [9.17, 15) is 19.2 Å². The van der Waals surface area contributed by atoms with Crippen molar-refractivity contribution in [3.8, 4) is 0 Å². The molecule has 0 heterocycles. The molecule has 0 atom stereocenters. The summed E-state index contributed by atoms with van der Waals surface area (Å²) in [4.78, 5) is 50.4. The summed E-state index contributed by atoms with van der Waals surface area (Å²) in [5, 5.41) is 3.10. The number of esters is 1. The van der Waals surface area contributed by atoms with E-state index in [0.717, 1.165) is 0 Å². The fourth-order valence-corrected chi connectivity index (χ4v) is 3.70. The van der Waals surface area contributed by atoms with E-state index in [1.807, 2.05) is 0 Å². The zero-order valence-electron chi connectivity index (χ0n) is 16.9. The number of ether oxygens (including phenoxy) is 1. The van der Waals surface area contributed by atoms with Crippen LogP contribution >= 0.6 is 11.6 Å². The van der Waals surface area contributed by atoms with E-state index in [-0.39, 0.29) is 39.3 Å². The van der Waals surface area contributed by atoms with Crippen LogP contribution in [-0.4, -0.2) is 30.0 Å². The fraction of sp³-hybridized carbons (Fsp3) is 0.0833. The van der Waals surface area contributed by atoms with Crippen LogP contribution in [0.25, 0.3) is 0 Å². The van der Waals surface area contributed by atoms with Crippen LogP contribution < -0.4 is 11.1 Å². The first-order chi connectivity index (χ1) is 15.3. The number of fused-ring (bicyclic) bond motifs is 2. The maximum Gasteiger partial charge on any atom is 0.340 e. The van der Waals surface area contributed by atoms with Crippen LogP contribution in [0.3, 0.4) is 0 Å². The Morgan fingerprint density at radius 1 is 0.938 bits per heavy atom. The highest BCUT2D eigenvalue weighted by Gasteiger charge is 2.33. The minimum Gasteiger partial charge on any atom is -0.452 e. The maximum atomic E-state index is 12.9. The van der Waals surface area contributed by atoms with Crippen molar-refractivity contribution >= 4 is 46.4 Å². The van der Waals surface area contributed by atoms with Gasteiger partial charge >= 0.3 is 5.97 Å². The number of hydrogen-bond acceptors (Lipinski definition) is 6. The number of nitrogens with one attached hydrogen (secondary N) is 1. The molecule has 3 aromatic carbocycles. The van der Waals surface area contributed by atoms with Crippen molar-refractivity contribution in [1.82, 2.24) is 0 Å². The van der Waals surface area contributed by atoms with Crippen LogP contribution in [0.15, 0.2) is 54.6 Å². The van der Waals surface area contributed by atoms with Gasteiger partial charge in [-0.25, -0.2) is 4.79 Å². The summed E-state index contributed by atoms with van der Waals surface area (Å²) in [5.41, 5.74) is 7.59. The normalized spacial score (nSPS) is 12.1. The molecule has 0 aliphatic heterocycles. The van der Waals surface area contributed by atoms with Gasteiger partial charge in [-0.15, -0.1) is 0 Å². The molecule has 8 heteroatoms. The molecule has 0 saturated carbocycles. The molecule has 4 rings (SSSR count). The minimum atomic E-state index is -0.887. The van der Waals surface area contributed by atoms with E-state index in [1.54, 1.807) is 43.3 Å². The Labute approximate surface area is 188 Å². The number of ketones is 2. The highest BCUT2D eigenvalue weighted by molar-refractivity contribution is 6.32. The van der Waals surface area contributed by atoms with Crippen LogP contribution in [0.5, 0.6) is 0 Å². The number of rotatable bonds is 4. The minimum absolute atomic E-state index is 0.0397. The van der Waals surface area contributed by atoms with Crippen molar-refractivity contribution in [2.45, 2.75) is 6.92 Å². The van der Waals surface area contributed by atoms with Gasteiger partial charge in [-0.1, -0.05) is 41.9 Å². The van der Waals surface area contributed by atoms with Crippen LogP contribution in [0.1, 0.15) is 47.8 Å². The van der Waals surface area contributed by atoms with Gasteiger partial charge in [-0.3, -0.25) is 14.4 Å². The largest absolute Gasteiger partial charge is 0.452 e. The van der Waals surface area contributed by atoms with Crippen molar-refractivity contribution < 1.29 is 23.9 Å². The molecule has 7 nitrogen and oxygen atoms in total. The number of anilines is 2. The lowest BCUT2D eigenvalue weighted by atomic mass is 9.82. The molecule has 160 valence electrons.